The van der Waals surface area contributed by atoms with E-state index in [4.69, 9.17) is 30.6 Å². The minimum absolute atomic E-state index is 0.0628. The Morgan fingerprint density at radius 2 is 1.00 bits per heavy atom. The summed E-state index contributed by atoms with van der Waals surface area (Å²) in [5.74, 6) is -0.865. The summed E-state index contributed by atoms with van der Waals surface area (Å²) in [4.78, 5) is 19.8. The fourth-order valence-electron chi connectivity index (χ4n) is 2.76. The van der Waals surface area contributed by atoms with Gasteiger partial charge in [-0.15, -0.1) is 0 Å². The Labute approximate surface area is 201 Å². The van der Waals surface area contributed by atoms with Gasteiger partial charge in [-0.3, -0.25) is 9.59 Å². The van der Waals surface area contributed by atoms with Crippen LogP contribution in [0.3, 0.4) is 0 Å². The number of rotatable bonds is 19. The summed E-state index contributed by atoms with van der Waals surface area (Å²) >= 11 is 0. The quantitative estimate of drug-likeness (QED) is 0.150. The van der Waals surface area contributed by atoms with Crippen molar-refractivity contribution < 1.29 is 40.2 Å². The number of carbonyl (C=O) groups is 2. The zero-order valence-corrected chi connectivity index (χ0v) is 21.3. The molecule has 0 aliphatic heterocycles. The largest absolute Gasteiger partial charge is 0.481 e. The van der Waals surface area contributed by atoms with Crippen molar-refractivity contribution in [2.75, 3.05) is 26.4 Å². The van der Waals surface area contributed by atoms with Crippen LogP contribution in [0.15, 0.2) is 0 Å². The molecule has 0 aromatic heterocycles. The predicted molar refractivity (Wildman–Crippen MR) is 131 cm³/mol. The third-order valence-corrected chi connectivity index (χ3v) is 5.48. The van der Waals surface area contributed by atoms with Crippen LogP contribution in [0.5, 0.6) is 0 Å². The van der Waals surface area contributed by atoms with Crippen molar-refractivity contribution in [3.63, 3.8) is 0 Å². The minimum Gasteiger partial charge on any atom is -0.481 e. The van der Waals surface area contributed by atoms with Crippen molar-refractivity contribution >= 4 is 11.9 Å². The molecular formula is C25H52O8. The fourth-order valence-corrected chi connectivity index (χ4v) is 2.76. The van der Waals surface area contributed by atoms with Crippen LogP contribution in [0.2, 0.25) is 0 Å². The smallest absolute Gasteiger partial charge is 0.303 e. The van der Waals surface area contributed by atoms with Gasteiger partial charge < -0.3 is 30.6 Å². The first-order valence-corrected chi connectivity index (χ1v) is 12.5. The van der Waals surface area contributed by atoms with Gasteiger partial charge in [-0.2, -0.15) is 0 Å². The average Bonchev–Trinajstić information content (AvgIpc) is 2.78. The Bertz CT molecular complexity index is 389. The molecule has 0 saturated carbocycles. The Morgan fingerprint density at radius 1 is 0.636 bits per heavy atom. The van der Waals surface area contributed by atoms with Crippen LogP contribution in [0.1, 0.15) is 111 Å². The molecule has 8 nitrogen and oxygen atoms in total. The molecule has 33 heavy (non-hydrogen) atoms. The van der Waals surface area contributed by atoms with Crippen LogP contribution in [-0.4, -0.2) is 69.0 Å². The molecule has 0 aliphatic carbocycles. The number of unbranched alkanes of at least 4 members (excludes halogenated alkanes) is 8. The first-order valence-electron chi connectivity index (χ1n) is 12.5. The van der Waals surface area contributed by atoms with E-state index < -0.39 is 17.4 Å². The number of carboxylic acids is 2. The predicted octanol–water partition coefficient (Wildman–Crippen LogP) is 4.22. The van der Waals surface area contributed by atoms with Gasteiger partial charge in [-0.05, 0) is 31.6 Å². The maximum Gasteiger partial charge on any atom is 0.303 e. The molecule has 0 heterocycles. The molecule has 0 unspecified atom stereocenters. The van der Waals surface area contributed by atoms with E-state index in [0.717, 1.165) is 12.3 Å². The van der Waals surface area contributed by atoms with Gasteiger partial charge in [0.25, 0.3) is 0 Å². The van der Waals surface area contributed by atoms with E-state index in [1.807, 2.05) is 6.92 Å². The van der Waals surface area contributed by atoms with Gasteiger partial charge in [0.05, 0.1) is 19.8 Å². The Kier molecular flexibility index (Phi) is 29.8. The molecule has 0 amide bonds. The number of aliphatic hydroxyl groups excluding tert-OH is 4. The lowest BCUT2D eigenvalue weighted by atomic mass is 9.88. The number of aliphatic carboxylic acids is 2. The van der Waals surface area contributed by atoms with E-state index in [-0.39, 0.29) is 32.7 Å². The summed E-state index contributed by atoms with van der Waals surface area (Å²) in [5.41, 5.74) is -0.667. The molecule has 200 valence electrons. The highest BCUT2D eigenvalue weighted by Gasteiger charge is 2.24. The molecule has 0 fully saturated rings. The van der Waals surface area contributed by atoms with Gasteiger partial charge in [-0.25, -0.2) is 0 Å². The van der Waals surface area contributed by atoms with Gasteiger partial charge in [0.1, 0.15) is 0 Å². The minimum atomic E-state index is -0.870. The molecule has 0 bridgehead atoms. The van der Waals surface area contributed by atoms with E-state index in [1.54, 1.807) is 0 Å². The SMILES string of the molecule is CC(C)CCCCCCCCCCO.CCC(CO)(CO)CO.O=C(O)CCCCC(=O)O. The maximum atomic E-state index is 9.90. The van der Waals surface area contributed by atoms with Crippen LogP contribution >= 0.6 is 0 Å². The van der Waals surface area contributed by atoms with Crippen molar-refractivity contribution in [2.45, 2.75) is 111 Å². The van der Waals surface area contributed by atoms with Gasteiger partial charge in [0, 0.05) is 24.9 Å². The van der Waals surface area contributed by atoms with E-state index in [0.29, 0.717) is 25.9 Å². The summed E-state index contributed by atoms with van der Waals surface area (Å²) in [7, 11) is 0. The van der Waals surface area contributed by atoms with Gasteiger partial charge in [0.2, 0.25) is 0 Å². The third kappa shape index (κ3) is 30.8. The molecular weight excluding hydrogens is 428 g/mol. The Hall–Kier alpha value is -1.22. The van der Waals surface area contributed by atoms with Gasteiger partial charge >= 0.3 is 11.9 Å². The lowest BCUT2D eigenvalue weighted by molar-refractivity contribution is -0.139. The molecule has 8 heteroatoms. The lowest BCUT2D eigenvalue weighted by Gasteiger charge is -2.24. The molecule has 0 aliphatic rings. The van der Waals surface area contributed by atoms with Crippen LogP contribution in [0.25, 0.3) is 0 Å². The molecule has 0 atom stereocenters. The molecule has 6 N–H and O–H groups in total. The van der Waals surface area contributed by atoms with Gasteiger partial charge in [0.15, 0.2) is 0 Å². The molecule has 0 radical (unpaired) electrons. The third-order valence-electron chi connectivity index (χ3n) is 5.48. The number of carboxylic acid groups (broad SMARTS) is 2. The summed E-state index contributed by atoms with van der Waals surface area (Å²) in [6.45, 7) is 6.32. The summed E-state index contributed by atoms with van der Waals surface area (Å²) in [6.07, 6.45) is 13.5. The standard InChI is InChI=1S/C13H28O.C6H10O4.C6H14O3/c1-13(2)11-9-7-5-3-4-6-8-10-12-14;7-5(8)3-1-2-4-6(9)10;1-2-6(3-7,4-8)5-9/h13-14H,3-12H2,1-2H3;1-4H2,(H,7,8)(H,9,10);7-9H,2-5H2,1H3. The first-order chi connectivity index (χ1) is 15.6. The number of aliphatic hydroxyl groups is 4. The molecule has 0 aromatic carbocycles. The zero-order valence-electron chi connectivity index (χ0n) is 21.3. The topological polar surface area (TPSA) is 156 Å². The molecule has 0 spiro atoms. The highest BCUT2D eigenvalue weighted by atomic mass is 16.4. The van der Waals surface area contributed by atoms with Crippen LogP contribution < -0.4 is 0 Å². The van der Waals surface area contributed by atoms with Crippen molar-refractivity contribution in [2.24, 2.45) is 11.3 Å². The second-order valence-electron chi connectivity index (χ2n) is 9.06. The van der Waals surface area contributed by atoms with E-state index >= 15 is 0 Å². The molecule has 0 aromatic rings. The lowest BCUT2D eigenvalue weighted by Crippen LogP contribution is -2.32. The van der Waals surface area contributed by atoms with Crippen molar-refractivity contribution in [3.8, 4) is 0 Å². The van der Waals surface area contributed by atoms with Crippen molar-refractivity contribution in [1.82, 2.24) is 0 Å². The summed E-state index contributed by atoms with van der Waals surface area (Å²) in [5, 5.41) is 50.8. The molecule has 0 rings (SSSR count). The number of hydrogen-bond acceptors (Lipinski definition) is 6. The summed E-state index contributed by atoms with van der Waals surface area (Å²) < 4.78 is 0. The second kappa shape index (κ2) is 27.0. The number of hydrogen-bond donors (Lipinski definition) is 6. The Balaban J connectivity index is -0.000000423. The van der Waals surface area contributed by atoms with Gasteiger partial charge in [-0.1, -0.05) is 72.1 Å². The fraction of sp³-hybridized carbons (Fsp3) is 0.920. The van der Waals surface area contributed by atoms with Crippen LogP contribution in [-0.2, 0) is 9.59 Å². The molecule has 0 saturated heterocycles. The van der Waals surface area contributed by atoms with Crippen molar-refractivity contribution in [1.29, 1.82) is 0 Å². The monoisotopic (exact) mass is 480 g/mol. The Morgan fingerprint density at radius 3 is 1.24 bits per heavy atom. The van der Waals surface area contributed by atoms with E-state index in [2.05, 4.69) is 13.8 Å². The van der Waals surface area contributed by atoms with E-state index in [1.165, 1.54) is 51.4 Å². The second-order valence-corrected chi connectivity index (χ2v) is 9.06. The normalized spacial score (nSPS) is 10.8. The zero-order chi connectivity index (χ0) is 26.0. The highest BCUT2D eigenvalue weighted by molar-refractivity contribution is 5.67. The summed E-state index contributed by atoms with van der Waals surface area (Å²) in [6, 6.07) is 0. The highest BCUT2D eigenvalue weighted by Crippen LogP contribution is 2.18. The maximum absolute atomic E-state index is 9.90. The van der Waals surface area contributed by atoms with Crippen LogP contribution in [0.4, 0.5) is 0 Å². The average molecular weight is 481 g/mol. The van der Waals surface area contributed by atoms with E-state index in [9.17, 15) is 9.59 Å². The van der Waals surface area contributed by atoms with Crippen LogP contribution in [0, 0.1) is 11.3 Å². The van der Waals surface area contributed by atoms with Crippen molar-refractivity contribution in [3.05, 3.63) is 0 Å². The first kappa shape index (κ1) is 36.4.